The van der Waals surface area contributed by atoms with E-state index in [2.05, 4.69) is 29.5 Å². The molecule has 0 fully saturated rings. The molecule has 6 nitrogen and oxygen atoms in total. The van der Waals surface area contributed by atoms with Crippen molar-refractivity contribution in [3.8, 4) is 0 Å². The van der Waals surface area contributed by atoms with Crippen molar-refractivity contribution in [2.24, 2.45) is 0 Å². The lowest BCUT2D eigenvalue weighted by Crippen LogP contribution is -2.16. The highest BCUT2D eigenvalue weighted by molar-refractivity contribution is 6.37. The van der Waals surface area contributed by atoms with E-state index < -0.39 is 11.8 Å². The quantitative estimate of drug-likeness (QED) is 0.371. The molecule has 0 unspecified atom stereocenters. The minimum atomic E-state index is -0.849. The van der Waals surface area contributed by atoms with Crippen molar-refractivity contribution >= 4 is 34.5 Å². The molecule has 0 aromatic heterocycles. The van der Waals surface area contributed by atoms with Crippen molar-refractivity contribution in [2.75, 3.05) is 24.2 Å². The summed E-state index contributed by atoms with van der Waals surface area (Å²) < 4.78 is 13.8. The molecule has 3 aromatic rings. The van der Waals surface area contributed by atoms with Crippen LogP contribution in [0.5, 0.6) is 0 Å². The average molecular weight is 474 g/mol. The fourth-order valence-corrected chi connectivity index (χ4v) is 4.02. The lowest BCUT2D eigenvalue weighted by Gasteiger charge is -2.17. The average Bonchev–Trinajstić information content (AvgIpc) is 3.17. The highest BCUT2D eigenvalue weighted by atomic mass is 19.1. The van der Waals surface area contributed by atoms with Crippen LogP contribution in [0.1, 0.15) is 35.6 Å². The maximum absolute atomic E-state index is 13.8. The third-order valence-corrected chi connectivity index (χ3v) is 6.06. The molecular formula is C28H28FN3O3. The first-order valence-electron chi connectivity index (χ1n) is 11.5. The number of carboxylic acids is 1. The molecule has 35 heavy (non-hydrogen) atoms. The zero-order chi connectivity index (χ0) is 24.9. The maximum Gasteiger partial charge on any atom is 0.303 e. The zero-order valence-electron chi connectivity index (χ0n) is 19.8. The Morgan fingerprint density at radius 2 is 1.71 bits per heavy atom. The zero-order valence-corrected chi connectivity index (χ0v) is 19.8. The Labute approximate surface area is 204 Å². The van der Waals surface area contributed by atoms with Gasteiger partial charge in [-0.2, -0.15) is 0 Å². The molecular weight excluding hydrogens is 445 g/mol. The number of carbonyl (C=O) groups is 2. The van der Waals surface area contributed by atoms with Gasteiger partial charge in [0.2, 0.25) is 0 Å². The summed E-state index contributed by atoms with van der Waals surface area (Å²) in [4.78, 5) is 26.1. The molecule has 1 aliphatic heterocycles. The van der Waals surface area contributed by atoms with Crippen molar-refractivity contribution in [2.45, 2.75) is 26.3 Å². The monoisotopic (exact) mass is 473 g/mol. The second-order valence-corrected chi connectivity index (χ2v) is 8.64. The van der Waals surface area contributed by atoms with E-state index in [9.17, 15) is 14.0 Å². The van der Waals surface area contributed by atoms with Gasteiger partial charge in [-0.05, 0) is 67.0 Å². The first-order valence-corrected chi connectivity index (χ1v) is 11.5. The van der Waals surface area contributed by atoms with Gasteiger partial charge in [0.25, 0.3) is 5.91 Å². The van der Waals surface area contributed by atoms with E-state index in [1.165, 1.54) is 17.7 Å². The molecule has 0 aliphatic carbocycles. The number of carbonyl (C=O) groups excluding carboxylic acids is 1. The summed E-state index contributed by atoms with van der Waals surface area (Å²) in [5.74, 6) is -1.59. The van der Waals surface area contributed by atoms with Crippen molar-refractivity contribution in [3.63, 3.8) is 0 Å². The number of aliphatic carboxylic acids is 1. The van der Waals surface area contributed by atoms with Crippen molar-refractivity contribution in [3.05, 3.63) is 94.8 Å². The Morgan fingerprint density at radius 3 is 2.37 bits per heavy atom. The Kier molecular flexibility index (Phi) is 7.27. The minimum absolute atomic E-state index is 0.0481. The lowest BCUT2D eigenvalue weighted by molar-refractivity contribution is -0.137. The van der Waals surface area contributed by atoms with Crippen LogP contribution in [-0.2, 0) is 22.6 Å². The molecule has 1 amide bonds. The Bertz CT molecular complexity index is 1270. The molecule has 0 spiro atoms. The van der Waals surface area contributed by atoms with Gasteiger partial charge in [-0.1, -0.05) is 43.3 Å². The van der Waals surface area contributed by atoms with Crippen LogP contribution in [0.3, 0.4) is 0 Å². The number of anilines is 2. The molecule has 180 valence electrons. The van der Waals surface area contributed by atoms with Crippen LogP contribution >= 0.6 is 0 Å². The number of carboxylic acid groups (broad SMARTS) is 1. The molecule has 0 atom stereocenters. The van der Waals surface area contributed by atoms with Crippen molar-refractivity contribution < 1.29 is 19.1 Å². The summed E-state index contributed by atoms with van der Waals surface area (Å²) in [6.45, 7) is 3.90. The number of benzene rings is 3. The Balaban J connectivity index is 1.72. The van der Waals surface area contributed by atoms with Gasteiger partial charge < -0.3 is 20.6 Å². The van der Waals surface area contributed by atoms with Crippen LogP contribution in [0.2, 0.25) is 0 Å². The number of hydrogen-bond donors (Lipinski definition) is 3. The molecule has 1 heterocycles. The molecule has 0 saturated carbocycles. The molecule has 4 rings (SSSR count). The number of nitrogens with one attached hydrogen (secondary N) is 2. The predicted molar refractivity (Wildman–Crippen MR) is 136 cm³/mol. The number of aryl methyl sites for hydroxylation is 1. The highest BCUT2D eigenvalue weighted by Gasteiger charge is 2.28. The van der Waals surface area contributed by atoms with Gasteiger partial charge in [0.1, 0.15) is 5.82 Å². The largest absolute Gasteiger partial charge is 0.481 e. The van der Waals surface area contributed by atoms with Crippen LogP contribution < -0.4 is 10.6 Å². The SMILES string of the molecule is CCN(C)Cc1ccc(N/C(=C2\C(=O)Nc3cc(F)ccc32)c2ccc(CCC(=O)O)cc2)cc1. The number of hydrogen-bond acceptors (Lipinski definition) is 4. The van der Waals surface area contributed by atoms with E-state index in [1.54, 1.807) is 6.07 Å². The van der Waals surface area contributed by atoms with Crippen LogP contribution in [0.15, 0.2) is 66.7 Å². The minimum Gasteiger partial charge on any atom is -0.481 e. The maximum atomic E-state index is 13.8. The number of rotatable bonds is 9. The Morgan fingerprint density at radius 1 is 1.03 bits per heavy atom. The van der Waals surface area contributed by atoms with E-state index in [4.69, 9.17) is 5.11 Å². The van der Waals surface area contributed by atoms with E-state index >= 15 is 0 Å². The summed E-state index contributed by atoms with van der Waals surface area (Å²) in [5, 5.41) is 15.1. The van der Waals surface area contributed by atoms with E-state index in [1.807, 2.05) is 48.5 Å². The molecule has 3 aromatic carbocycles. The molecule has 7 heteroatoms. The van der Waals surface area contributed by atoms with Crippen LogP contribution in [0, 0.1) is 5.82 Å². The van der Waals surface area contributed by atoms with Gasteiger partial charge in [-0.3, -0.25) is 9.59 Å². The summed E-state index contributed by atoms with van der Waals surface area (Å²) >= 11 is 0. The summed E-state index contributed by atoms with van der Waals surface area (Å²) in [6.07, 6.45) is 0.470. The number of nitrogens with zero attached hydrogens (tertiary/aromatic N) is 1. The van der Waals surface area contributed by atoms with Gasteiger partial charge in [0.05, 0.1) is 17.0 Å². The number of fused-ring (bicyclic) bond motifs is 1. The first-order chi connectivity index (χ1) is 16.8. The Hall–Kier alpha value is -3.97. The molecule has 0 saturated heterocycles. The van der Waals surface area contributed by atoms with Gasteiger partial charge in [-0.25, -0.2) is 4.39 Å². The third kappa shape index (κ3) is 5.75. The van der Waals surface area contributed by atoms with Crippen molar-refractivity contribution in [1.29, 1.82) is 0 Å². The molecule has 1 aliphatic rings. The topological polar surface area (TPSA) is 81.7 Å². The van der Waals surface area contributed by atoms with Gasteiger partial charge >= 0.3 is 5.97 Å². The second kappa shape index (κ2) is 10.5. The van der Waals surface area contributed by atoms with Crippen LogP contribution in [0.4, 0.5) is 15.8 Å². The van der Waals surface area contributed by atoms with Gasteiger partial charge in [0.15, 0.2) is 0 Å². The standard InChI is InChI=1S/C28H28FN3O3/c1-3-32(2)17-19-6-12-22(13-7-19)30-27(20-9-4-18(5-10-20)8-15-25(33)34)26-23-14-11-21(29)16-24(23)31-28(26)35/h4-7,9-14,16,30H,3,8,15,17H2,1-2H3,(H,31,35)(H,33,34)/b27-26-. The van der Waals surface area contributed by atoms with Crippen molar-refractivity contribution in [1.82, 2.24) is 4.90 Å². The summed E-state index contributed by atoms with van der Waals surface area (Å²) in [6, 6.07) is 19.7. The van der Waals surface area contributed by atoms with E-state index in [-0.39, 0.29) is 12.3 Å². The van der Waals surface area contributed by atoms with Gasteiger partial charge in [-0.15, -0.1) is 0 Å². The molecule has 0 radical (unpaired) electrons. The van der Waals surface area contributed by atoms with Crippen LogP contribution in [-0.4, -0.2) is 35.5 Å². The fourth-order valence-electron chi connectivity index (χ4n) is 4.02. The van der Waals surface area contributed by atoms with Crippen LogP contribution in [0.25, 0.3) is 11.3 Å². The highest BCUT2D eigenvalue weighted by Crippen LogP contribution is 2.38. The van der Waals surface area contributed by atoms with E-state index in [0.717, 1.165) is 29.9 Å². The number of halogens is 1. The normalized spacial score (nSPS) is 14.0. The van der Waals surface area contributed by atoms with E-state index in [0.29, 0.717) is 28.9 Å². The summed E-state index contributed by atoms with van der Waals surface area (Å²) in [5.41, 5.74) is 5.72. The summed E-state index contributed by atoms with van der Waals surface area (Å²) in [7, 11) is 2.06. The first kappa shape index (κ1) is 24.2. The second-order valence-electron chi connectivity index (χ2n) is 8.64. The number of amides is 1. The third-order valence-electron chi connectivity index (χ3n) is 6.06. The molecule has 0 bridgehead atoms. The predicted octanol–water partition coefficient (Wildman–Crippen LogP) is 5.23. The van der Waals surface area contributed by atoms with Gasteiger partial charge in [0, 0.05) is 24.2 Å². The molecule has 3 N–H and O–H groups in total. The fraction of sp³-hybridized carbons (Fsp3) is 0.214. The smallest absolute Gasteiger partial charge is 0.303 e. The lowest BCUT2D eigenvalue weighted by atomic mass is 9.98.